The van der Waals surface area contributed by atoms with Gasteiger partial charge in [-0.15, -0.1) is 0 Å². The lowest BCUT2D eigenvalue weighted by Crippen LogP contribution is -2.20. The molecule has 1 rings (SSSR count). The zero-order valence-corrected chi connectivity index (χ0v) is 11.9. The van der Waals surface area contributed by atoms with Gasteiger partial charge >= 0.3 is 0 Å². The van der Waals surface area contributed by atoms with Gasteiger partial charge in [0, 0.05) is 5.56 Å². The fourth-order valence-corrected chi connectivity index (χ4v) is 2.06. The Morgan fingerprint density at radius 1 is 1.56 bits per heavy atom. The summed E-state index contributed by atoms with van der Waals surface area (Å²) in [5, 5.41) is 11.5. The highest BCUT2D eigenvalue weighted by atomic mass is 127. The van der Waals surface area contributed by atoms with Gasteiger partial charge in [0.15, 0.2) is 18.1 Å². The van der Waals surface area contributed by atoms with Crippen LogP contribution in [0, 0.1) is 3.57 Å². The molecule has 7 heteroatoms. The number of nitrogens with two attached hydrogens (primary N) is 1. The van der Waals surface area contributed by atoms with Crippen molar-refractivity contribution < 1.29 is 19.5 Å². The van der Waals surface area contributed by atoms with E-state index in [2.05, 4.69) is 5.16 Å². The van der Waals surface area contributed by atoms with Crippen LogP contribution in [0.4, 0.5) is 0 Å². The maximum Gasteiger partial charge on any atom is 0.255 e. The highest BCUT2D eigenvalue weighted by molar-refractivity contribution is 14.1. The van der Waals surface area contributed by atoms with E-state index in [0.29, 0.717) is 23.7 Å². The summed E-state index contributed by atoms with van der Waals surface area (Å²) >= 11 is 2.04. The largest absolute Gasteiger partial charge is 0.490 e. The molecule has 0 radical (unpaired) electrons. The third-order valence-corrected chi connectivity index (χ3v) is 2.70. The molecule has 1 aromatic rings. The van der Waals surface area contributed by atoms with E-state index in [0.717, 1.165) is 3.57 Å². The van der Waals surface area contributed by atoms with Gasteiger partial charge in [-0.25, -0.2) is 0 Å². The molecule has 1 amide bonds. The van der Waals surface area contributed by atoms with Gasteiger partial charge in [-0.05, 0) is 41.6 Å². The number of carbonyl (C=O) groups is 1. The molecule has 0 aliphatic carbocycles. The summed E-state index contributed by atoms with van der Waals surface area (Å²) in [4.78, 5) is 10.7. The van der Waals surface area contributed by atoms with Crippen molar-refractivity contribution >= 4 is 34.7 Å². The first-order valence-electron chi connectivity index (χ1n) is 5.13. The van der Waals surface area contributed by atoms with E-state index in [-0.39, 0.29) is 6.61 Å². The minimum absolute atomic E-state index is 0.219. The fourth-order valence-electron chi connectivity index (χ4n) is 1.28. The number of ether oxygens (including phenoxy) is 2. The Morgan fingerprint density at radius 3 is 2.83 bits per heavy atom. The minimum Gasteiger partial charge on any atom is -0.490 e. The van der Waals surface area contributed by atoms with Gasteiger partial charge in [0.05, 0.1) is 16.4 Å². The molecule has 0 aliphatic rings. The predicted molar refractivity (Wildman–Crippen MR) is 74.4 cm³/mol. The van der Waals surface area contributed by atoms with Crippen LogP contribution >= 0.6 is 22.6 Å². The number of carbonyl (C=O) groups excluding carboxylic acids is 1. The van der Waals surface area contributed by atoms with Crippen molar-refractivity contribution in [3.63, 3.8) is 0 Å². The van der Waals surface area contributed by atoms with Gasteiger partial charge < -0.3 is 20.4 Å². The lowest BCUT2D eigenvalue weighted by molar-refractivity contribution is -0.119. The highest BCUT2D eigenvalue weighted by Gasteiger charge is 2.12. The van der Waals surface area contributed by atoms with Gasteiger partial charge in [-0.1, -0.05) is 5.16 Å². The predicted octanol–water partition coefficient (Wildman–Crippen LogP) is 1.36. The molecule has 0 saturated heterocycles. The third kappa shape index (κ3) is 4.06. The van der Waals surface area contributed by atoms with Gasteiger partial charge in [-0.2, -0.15) is 0 Å². The quantitative estimate of drug-likeness (QED) is 0.345. The van der Waals surface area contributed by atoms with Crippen molar-refractivity contribution in [1.29, 1.82) is 0 Å². The van der Waals surface area contributed by atoms with E-state index in [1.165, 1.54) is 6.21 Å². The van der Waals surface area contributed by atoms with E-state index in [9.17, 15) is 4.79 Å². The Morgan fingerprint density at radius 2 is 2.28 bits per heavy atom. The lowest BCUT2D eigenvalue weighted by atomic mass is 10.2. The number of oxime groups is 1. The molecule has 0 atom stereocenters. The van der Waals surface area contributed by atoms with Crippen LogP contribution in [0.25, 0.3) is 0 Å². The van der Waals surface area contributed by atoms with Crippen molar-refractivity contribution in [2.24, 2.45) is 10.9 Å². The third-order valence-electron chi connectivity index (χ3n) is 1.90. The topological polar surface area (TPSA) is 94.1 Å². The van der Waals surface area contributed by atoms with Crippen LogP contribution in [0.3, 0.4) is 0 Å². The minimum atomic E-state index is -0.561. The van der Waals surface area contributed by atoms with Crippen LogP contribution in [0.1, 0.15) is 12.5 Å². The number of benzene rings is 1. The van der Waals surface area contributed by atoms with Crippen molar-refractivity contribution in [3.05, 3.63) is 21.3 Å². The molecule has 0 unspecified atom stereocenters. The maximum absolute atomic E-state index is 10.7. The summed E-state index contributed by atoms with van der Waals surface area (Å²) in [5.74, 6) is 0.362. The average molecular weight is 364 g/mol. The molecule has 6 nitrogen and oxygen atoms in total. The first kappa shape index (κ1) is 14.6. The average Bonchev–Trinajstić information content (AvgIpc) is 2.28. The zero-order valence-electron chi connectivity index (χ0n) is 9.72. The Balaban J connectivity index is 3.09. The summed E-state index contributed by atoms with van der Waals surface area (Å²) in [6.45, 7) is 2.06. The number of amides is 1. The summed E-state index contributed by atoms with van der Waals surface area (Å²) in [6.07, 6.45) is 1.28. The monoisotopic (exact) mass is 364 g/mol. The molecular formula is C11H13IN2O4. The zero-order chi connectivity index (χ0) is 13.5. The van der Waals surface area contributed by atoms with Crippen molar-refractivity contribution in [3.8, 4) is 11.5 Å². The van der Waals surface area contributed by atoms with Crippen LogP contribution in [-0.2, 0) is 4.79 Å². The van der Waals surface area contributed by atoms with Crippen LogP contribution in [0.5, 0.6) is 11.5 Å². The van der Waals surface area contributed by atoms with E-state index in [1.807, 2.05) is 29.5 Å². The van der Waals surface area contributed by atoms with Gasteiger partial charge in [0.2, 0.25) is 0 Å². The molecule has 0 fully saturated rings. The second kappa shape index (κ2) is 7.04. The Kier molecular flexibility index (Phi) is 5.69. The molecule has 1 aromatic carbocycles. The molecule has 0 spiro atoms. The maximum atomic E-state index is 10.7. The molecule has 18 heavy (non-hydrogen) atoms. The second-order valence-corrected chi connectivity index (χ2v) is 4.42. The smallest absolute Gasteiger partial charge is 0.255 e. The van der Waals surface area contributed by atoms with Gasteiger partial charge in [0.1, 0.15) is 0 Å². The lowest BCUT2D eigenvalue weighted by Gasteiger charge is -2.13. The van der Waals surface area contributed by atoms with Crippen molar-refractivity contribution in [2.75, 3.05) is 13.2 Å². The van der Waals surface area contributed by atoms with Gasteiger partial charge in [0.25, 0.3) is 5.91 Å². The molecule has 0 heterocycles. The highest BCUT2D eigenvalue weighted by Crippen LogP contribution is 2.33. The number of halogens is 1. The van der Waals surface area contributed by atoms with E-state index in [4.69, 9.17) is 20.4 Å². The van der Waals surface area contributed by atoms with Crippen LogP contribution in [0.2, 0.25) is 0 Å². The van der Waals surface area contributed by atoms with E-state index >= 15 is 0 Å². The summed E-state index contributed by atoms with van der Waals surface area (Å²) in [6, 6.07) is 3.39. The fraction of sp³-hybridized carbons (Fsp3) is 0.273. The van der Waals surface area contributed by atoms with Crippen LogP contribution < -0.4 is 15.2 Å². The van der Waals surface area contributed by atoms with Crippen LogP contribution in [0.15, 0.2) is 17.3 Å². The summed E-state index contributed by atoms with van der Waals surface area (Å²) in [5.41, 5.74) is 5.69. The molecule has 0 aromatic heterocycles. The molecule has 0 saturated carbocycles. The van der Waals surface area contributed by atoms with Crippen molar-refractivity contribution in [1.82, 2.24) is 0 Å². The molecule has 0 bridgehead atoms. The van der Waals surface area contributed by atoms with Crippen molar-refractivity contribution in [2.45, 2.75) is 6.92 Å². The summed E-state index contributed by atoms with van der Waals surface area (Å²) < 4.78 is 11.4. The molecule has 3 N–H and O–H groups in total. The van der Waals surface area contributed by atoms with Gasteiger partial charge in [-0.3, -0.25) is 4.79 Å². The molecule has 0 aliphatic heterocycles. The summed E-state index contributed by atoms with van der Waals surface area (Å²) in [7, 11) is 0. The Labute approximate surface area is 118 Å². The number of rotatable bonds is 6. The number of nitrogens with zero attached hydrogens (tertiary/aromatic N) is 1. The SMILES string of the molecule is CCOc1cc(/C=N\O)cc(I)c1OCC(N)=O. The van der Waals surface area contributed by atoms with E-state index < -0.39 is 5.91 Å². The number of primary amides is 1. The number of hydrogen-bond donors (Lipinski definition) is 2. The Bertz CT molecular complexity index is 463. The molecule has 98 valence electrons. The first-order chi connectivity index (χ1) is 8.58. The second-order valence-electron chi connectivity index (χ2n) is 3.26. The van der Waals surface area contributed by atoms with E-state index in [1.54, 1.807) is 12.1 Å². The van der Waals surface area contributed by atoms with Crippen LogP contribution in [-0.4, -0.2) is 30.5 Å². The molecular weight excluding hydrogens is 351 g/mol. The first-order valence-corrected chi connectivity index (χ1v) is 6.21. The number of hydrogen-bond acceptors (Lipinski definition) is 5. The normalized spacial score (nSPS) is 10.6. The standard InChI is InChI=1S/C11H13IN2O4/c1-2-17-9-4-7(5-14-16)3-8(12)11(9)18-6-10(13)15/h3-5,16H,2,6H2,1H3,(H2,13,15)/b14-5-. The Hall–Kier alpha value is -1.51.